The predicted octanol–water partition coefficient (Wildman–Crippen LogP) is 2.17. The normalized spacial score (nSPS) is 10.3. The third-order valence-electron chi connectivity index (χ3n) is 2.94. The summed E-state index contributed by atoms with van der Waals surface area (Å²) in [7, 11) is 0. The second-order valence-corrected chi connectivity index (χ2v) is 4.68. The third-order valence-corrected chi connectivity index (χ3v) is 2.94. The Balaban J connectivity index is 2.07. The van der Waals surface area contributed by atoms with Gasteiger partial charge in [0.25, 0.3) is 0 Å². The van der Waals surface area contributed by atoms with Gasteiger partial charge in [0.15, 0.2) is 0 Å². The van der Waals surface area contributed by atoms with Crippen molar-refractivity contribution in [3.05, 3.63) is 35.4 Å². The summed E-state index contributed by atoms with van der Waals surface area (Å²) in [6.07, 6.45) is 4.54. The molecule has 0 aliphatic carbocycles. The molecule has 0 aromatic heterocycles. The maximum Gasteiger partial charge on any atom is 0.219 e. The van der Waals surface area contributed by atoms with Crippen molar-refractivity contribution in [3.8, 4) is 0 Å². The number of hydrogen-bond donors (Lipinski definition) is 2. The molecule has 0 fully saturated rings. The van der Waals surface area contributed by atoms with E-state index in [1.54, 1.807) is 0 Å². The van der Waals surface area contributed by atoms with Crippen molar-refractivity contribution in [2.45, 2.75) is 39.0 Å². The molecule has 0 atom stereocenters. The summed E-state index contributed by atoms with van der Waals surface area (Å²) >= 11 is 0. The van der Waals surface area contributed by atoms with Crippen molar-refractivity contribution in [1.29, 1.82) is 0 Å². The first kappa shape index (κ1) is 14.7. The van der Waals surface area contributed by atoms with E-state index >= 15 is 0 Å². The SMILES string of the molecule is Cc1ccc(CCCCC(=O)NCCCN)cc1. The minimum absolute atomic E-state index is 0.146. The monoisotopic (exact) mass is 248 g/mol. The molecule has 3 nitrogen and oxygen atoms in total. The van der Waals surface area contributed by atoms with Crippen LogP contribution in [0, 0.1) is 6.92 Å². The third kappa shape index (κ3) is 6.40. The fraction of sp³-hybridized carbons (Fsp3) is 0.533. The fourth-order valence-electron chi connectivity index (χ4n) is 1.79. The van der Waals surface area contributed by atoms with E-state index in [9.17, 15) is 4.79 Å². The fourth-order valence-corrected chi connectivity index (χ4v) is 1.79. The largest absolute Gasteiger partial charge is 0.356 e. The maximum atomic E-state index is 11.4. The highest BCUT2D eigenvalue weighted by Gasteiger charge is 2.00. The summed E-state index contributed by atoms with van der Waals surface area (Å²) in [6.45, 7) is 3.43. The number of amides is 1. The highest BCUT2D eigenvalue weighted by Crippen LogP contribution is 2.08. The Morgan fingerprint density at radius 3 is 2.56 bits per heavy atom. The number of nitrogens with two attached hydrogens (primary N) is 1. The van der Waals surface area contributed by atoms with E-state index in [2.05, 4.69) is 36.5 Å². The average Bonchev–Trinajstić information content (AvgIpc) is 2.37. The van der Waals surface area contributed by atoms with Crippen LogP contribution < -0.4 is 11.1 Å². The molecule has 1 aromatic carbocycles. The van der Waals surface area contributed by atoms with Crippen LogP contribution in [0.2, 0.25) is 0 Å². The first-order valence-electron chi connectivity index (χ1n) is 6.74. The van der Waals surface area contributed by atoms with Gasteiger partial charge in [-0.1, -0.05) is 29.8 Å². The number of aryl methyl sites for hydroxylation is 2. The first-order chi connectivity index (χ1) is 8.72. The summed E-state index contributed by atoms with van der Waals surface area (Å²) in [4.78, 5) is 11.4. The van der Waals surface area contributed by atoms with Crippen molar-refractivity contribution in [1.82, 2.24) is 5.32 Å². The minimum Gasteiger partial charge on any atom is -0.356 e. The van der Waals surface area contributed by atoms with E-state index < -0.39 is 0 Å². The van der Waals surface area contributed by atoms with Crippen LogP contribution in [0.5, 0.6) is 0 Å². The lowest BCUT2D eigenvalue weighted by molar-refractivity contribution is -0.121. The second-order valence-electron chi connectivity index (χ2n) is 4.68. The van der Waals surface area contributed by atoms with Crippen molar-refractivity contribution >= 4 is 5.91 Å². The Morgan fingerprint density at radius 2 is 1.89 bits per heavy atom. The van der Waals surface area contributed by atoms with Crippen LogP contribution in [-0.2, 0) is 11.2 Å². The van der Waals surface area contributed by atoms with Gasteiger partial charge in [-0.05, 0) is 44.7 Å². The summed E-state index contributed by atoms with van der Waals surface area (Å²) in [6, 6.07) is 8.59. The molecule has 0 aliphatic rings. The quantitative estimate of drug-likeness (QED) is 0.693. The molecule has 0 heterocycles. The number of carbonyl (C=O) groups excluding carboxylic acids is 1. The van der Waals surface area contributed by atoms with Crippen molar-refractivity contribution in [3.63, 3.8) is 0 Å². The Kier molecular flexibility index (Phi) is 7.11. The van der Waals surface area contributed by atoms with Crippen molar-refractivity contribution in [2.24, 2.45) is 5.73 Å². The first-order valence-corrected chi connectivity index (χ1v) is 6.74. The van der Waals surface area contributed by atoms with Crippen LogP contribution in [0.15, 0.2) is 24.3 Å². The van der Waals surface area contributed by atoms with Crippen molar-refractivity contribution < 1.29 is 4.79 Å². The van der Waals surface area contributed by atoms with Crippen LogP contribution in [-0.4, -0.2) is 19.0 Å². The Morgan fingerprint density at radius 1 is 1.17 bits per heavy atom. The van der Waals surface area contributed by atoms with E-state index in [1.807, 2.05) is 0 Å². The summed E-state index contributed by atoms with van der Waals surface area (Å²) in [5.74, 6) is 0.146. The highest BCUT2D eigenvalue weighted by atomic mass is 16.1. The number of rotatable bonds is 8. The molecule has 1 amide bonds. The van der Waals surface area contributed by atoms with Crippen LogP contribution >= 0.6 is 0 Å². The van der Waals surface area contributed by atoms with Gasteiger partial charge in [-0.25, -0.2) is 0 Å². The van der Waals surface area contributed by atoms with E-state index in [0.717, 1.165) is 25.7 Å². The highest BCUT2D eigenvalue weighted by molar-refractivity contribution is 5.75. The molecule has 0 unspecified atom stereocenters. The van der Waals surface area contributed by atoms with Gasteiger partial charge in [0.05, 0.1) is 0 Å². The molecule has 18 heavy (non-hydrogen) atoms. The minimum atomic E-state index is 0.146. The van der Waals surface area contributed by atoms with Gasteiger partial charge in [-0.2, -0.15) is 0 Å². The zero-order valence-electron chi connectivity index (χ0n) is 11.2. The van der Waals surface area contributed by atoms with Gasteiger partial charge >= 0.3 is 0 Å². The number of carbonyl (C=O) groups is 1. The summed E-state index contributed by atoms with van der Waals surface area (Å²) < 4.78 is 0. The van der Waals surface area contributed by atoms with E-state index in [0.29, 0.717) is 19.5 Å². The molecule has 3 N–H and O–H groups in total. The van der Waals surface area contributed by atoms with Gasteiger partial charge in [0.2, 0.25) is 5.91 Å². The molecule has 0 saturated heterocycles. The molecule has 0 spiro atoms. The van der Waals surface area contributed by atoms with Gasteiger partial charge in [0, 0.05) is 13.0 Å². The summed E-state index contributed by atoms with van der Waals surface area (Å²) in [5.41, 5.74) is 8.00. The molecule has 100 valence electrons. The maximum absolute atomic E-state index is 11.4. The van der Waals surface area contributed by atoms with E-state index in [-0.39, 0.29) is 5.91 Å². The number of benzene rings is 1. The van der Waals surface area contributed by atoms with Crippen LogP contribution in [0.25, 0.3) is 0 Å². The Hall–Kier alpha value is -1.35. The molecule has 1 aromatic rings. The zero-order chi connectivity index (χ0) is 13.2. The summed E-state index contributed by atoms with van der Waals surface area (Å²) in [5, 5.41) is 2.87. The lowest BCUT2D eigenvalue weighted by atomic mass is 10.1. The molecular formula is C15H24N2O. The van der Waals surface area contributed by atoms with E-state index in [1.165, 1.54) is 11.1 Å². The number of unbranched alkanes of at least 4 members (excludes halogenated alkanes) is 1. The molecule has 0 saturated carbocycles. The standard InChI is InChI=1S/C15H24N2O/c1-13-7-9-14(10-8-13)5-2-3-6-15(18)17-12-4-11-16/h7-10H,2-6,11-12,16H2,1H3,(H,17,18). The van der Waals surface area contributed by atoms with Gasteiger partial charge in [-0.3, -0.25) is 4.79 Å². The predicted molar refractivity (Wildman–Crippen MR) is 75.4 cm³/mol. The molecule has 3 heteroatoms. The van der Waals surface area contributed by atoms with Crippen LogP contribution in [0.3, 0.4) is 0 Å². The van der Waals surface area contributed by atoms with Crippen LogP contribution in [0.4, 0.5) is 0 Å². The molecular weight excluding hydrogens is 224 g/mol. The number of nitrogens with one attached hydrogen (secondary N) is 1. The molecule has 0 aliphatic heterocycles. The Bertz CT molecular complexity index is 346. The molecule has 0 radical (unpaired) electrons. The number of hydrogen-bond acceptors (Lipinski definition) is 2. The average molecular weight is 248 g/mol. The Labute approximate surface area is 110 Å². The van der Waals surface area contributed by atoms with Crippen molar-refractivity contribution in [2.75, 3.05) is 13.1 Å². The second kappa shape index (κ2) is 8.70. The van der Waals surface area contributed by atoms with Gasteiger partial charge in [-0.15, -0.1) is 0 Å². The zero-order valence-corrected chi connectivity index (χ0v) is 11.2. The lowest BCUT2D eigenvalue weighted by Crippen LogP contribution is -2.25. The van der Waals surface area contributed by atoms with E-state index in [4.69, 9.17) is 5.73 Å². The van der Waals surface area contributed by atoms with Gasteiger partial charge in [0.1, 0.15) is 0 Å². The molecule has 1 rings (SSSR count). The smallest absolute Gasteiger partial charge is 0.219 e. The topological polar surface area (TPSA) is 55.1 Å². The lowest BCUT2D eigenvalue weighted by Gasteiger charge is -2.04. The molecule has 0 bridgehead atoms. The van der Waals surface area contributed by atoms with Crippen LogP contribution in [0.1, 0.15) is 36.8 Å². The van der Waals surface area contributed by atoms with Gasteiger partial charge < -0.3 is 11.1 Å².